The largest absolute Gasteiger partial charge is 0.457 e. The Labute approximate surface area is 174 Å². The molecule has 0 aliphatic rings. The first-order valence-corrected chi connectivity index (χ1v) is 10.4. The molecule has 6 nitrogen and oxygen atoms in total. The molecule has 0 amide bonds. The summed E-state index contributed by atoms with van der Waals surface area (Å²) in [5.74, 6) is -0.543. The second-order valence-corrected chi connectivity index (χ2v) is 6.74. The minimum atomic E-state index is -0.915. The molecule has 0 aliphatic heterocycles. The molecule has 0 saturated heterocycles. The molecular formula is C23H38O6. The lowest BCUT2D eigenvalue weighted by atomic mass is 10.0. The lowest BCUT2D eigenvalue weighted by Gasteiger charge is -2.16. The van der Waals surface area contributed by atoms with Gasteiger partial charge in [-0.25, -0.2) is 0 Å². The van der Waals surface area contributed by atoms with E-state index in [4.69, 9.17) is 14.9 Å². The lowest BCUT2D eigenvalue weighted by Crippen LogP contribution is -2.27. The van der Waals surface area contributed by atoms with E-state index in [9.17, 15) is 15.0 Å². The molecule has 4 N–H and O–H groups in total. The number of hydrogen-bond acceptors (Lipinski definition) is 6. The van der Waals surface area contributed by atoms with Crippen LogP contribution < -0.4 is 0 Å². The maximum atomic E-state index is 11.5. The molecule has 0 aliphatic carbocycles. The molecule has 0 bridgehead atoms. The summed E-state index contributed by atoms with van der Waals surface area (Å²) < 4.78 is 4.83. The summed E-state index contributed by atoms with van der Waals surface area (Å²) >= 11 is 0. The highest BCUT2D eigenvalue weighted by molar-refractivity contribution is 5.69. The number of rotatable bonds is 17. The van der Waals surface area contributed by atoms with E-state index >= 15 is 0 Å². The van der Waals surface area contributed by atoms with Crippen LogP contribution in [0.5, 0.6) is 0 Å². The molecule has 6 heteroatoms. The Morgan fingerprint density at radius 1 is 0.828 bits per heavy atom. The predicted octanol–water partition coefficient (Wildman–Crippen LogP) is 2.97. The first kappa shape index (κ1) is 27.3. The fourth-order valence-electron chi connectivity index (χ4n) is 2.40. The monoisotopic (exact) mass is 410 g/mol. The highest BCUT2D eigenvalue weighted by atomic mass is 16.6. The van der Waals surface area contributed by atoms with E-state index in [1.165, 1.54) is 0 Å². The summed E-state index contributed by atoms with van der Waals surface area (Å²) in [5.41, 5.74) is 0. The normalized spacial score (nSPS) is 14.7. The van der Waals surface area contributed by atoms with Crippen molar-refractivity contribution in [3.05, 3.63) is 48.6 Å². The Kier molecular flexibility index (Phi) is 18.4. The number of carbonyl (C=O) groups excluding carboxylic acids is 1. The highest BCUT2D eigenvalue weighted by Gasteiger charge is 2.16. The highest BCUT2D eigenvalue weighted by Crippen LogP contribution is 2.10. The molecule has 0 heterocycles. The van der Waals surface area contributed by atoms with Crippen molar-refractivity contribution >= 4 is 5.97 Å². The van der Waals surface area contributed by atoms with Gasteiger partial charge in [-0.1, -0.05) is 55.5 Å². The topological polar surface area (TPSA) is 107 Å². The van der Waals surface area contributed by atoms with Crippen LogP contribution in [0.25, 0.3) is 0 Å². The van der Waals surface area contributed by atoms with Gasteiger partial charge in [-0.15, -0.1) is 0 Å². The van der Waals surface area contributed by atoms with Gasteiger partial charge in [0.25, 0.3) is 0 Å². The summed E-state index contributed by atoms with van der Waals surface area (Å²) in [6, 6.07) is 0. The van der Waals surface area contributed by atoms with Crippen molar-refractivity contribution in [1.82, 2.24) is 0 Å². The zero-order valence-electron chi connectivity index (χ0n) is 17.5. The van der Waals surface area contributed by atoms with Crippen LogP contribution in [0, 0.1) is 0 Å². The Morgan fingerprint density at radius 3 is 1.86 bits per heavy atom. The third-order valence-electron chi connectivity index (χ3n) is 4.13. The number of aliphatic hydroxyl groups excluding tert-OH is 4. The molecule has 166 valence electrons. The van der Waals surface area contributed by atoms with E-state index in [1.54, 1.807) is 0 Å². The van der Waals surface area contributed by atoms with Crippen LogP contribution in [0.1, 0.15) is 58.3 Å². The number of carbonyl (C=O) groups is 1. The predicted molar refractivity (Wildman–Crippen MR) is 115 cm³/mol. The van der Waals surface area contributed by atoms with Gasteiger partial charge in [0, 0.05) is 6.42 Å². The van der Waals surface area contributed by atoms with Crippen LogP contribution in [0.4, 0.5) is 0 Å². The number of allylic oxidation sites excluding steroid dienone is 7. The molecule has 0 spiro atoms. The molecule has 0 rings (SSSR count). The molecule has 0 saturated carbocycles. The lowest BCUT2D eigenvalue weighted by molar-refractivity contribution is -0.153. The Hall–Kier alpha value is -1.73. The van der Waals surface area contributed by atoms with Crippen LogP contribution in [-0.2, 0) is 9.53 Å². The molecular weight excluding hydrogens is 372 g/mol. The van der Waals surface area contributed by atoms with E-state index in [1.807, 2.05) is 12.2 Å². The second-order valence-electron chi connectivity index (χ2n) is 6.74. The van der Waals surface area contributed by atoms with Crippen molar-refractivity contribution in [3.63, 3.8) is 0 Å². The van der Waals surface area contributed by atoms with Crippen LogP contribution in [0.3, 0.4) is 0 Å². The van der Waals surface area contributed by atoms with Crippen molar-refractivity contribution in [1.29, 1.82) is 0 Å². The van der Waals surface area contributed by atoms with Gasteiger partial charge in [-0.2, -0.15) is 0 Å². The van der Waals surface area contributed by atoms with E-state index in [2.05, 4.69) is 43.4 Å². The summed E-state index contributed by atoms with van der Waals surface area (Å²) in [6.07, 6.45) is 18.5. The fraction of sp³-hybridized carbons (Fsp3) is 0.609. The van der Waals surface area contributed by atoms with Crippen LogP contribution in [-0.4, -0.2) is 57.9 Å². The fourth-order valence-corrected chi connectivity index (χ4v) is 2.40. The number of aliphatic hydroxyl groups is 4. The summed E-state index contributed by atoms with van der Waals surface area (Å²) in [4.78, 5) is 11.5. The van der Waals surface area contributed by atoms with Gasteiger partial charge in [-0.05, 0) is 44.9 Å². The van der Waals surface area contributed by atoms with Gasteiger partial charge in [0.05, 0.1) is 25.4 Å². The van der Waals surface area contributed by atoms with Gasteiger partial charge in [0.15, 0.2) is 0 Å². The molecule has 0 aromatic carbocycles. The number of ether oxygens (including phenoxy) is 1. The van der Waals surface area contributed by atoms with Crippen LogP contribution >= 0.6 is 0 Å². The average molecular weight is 411 g/mol. The van der Waals surface area contributed by atoms with E-state index < -0.39 is 37.5 Å². The van der Waals surface area contributed by atoms with Crippen molar-refractivity contribution in [2.75, 3.05) is 13.2 Å². The molecule has 29 heavy (non-hydrogen) atoms. The standard InChI is InChI=1S/C23H38O6/c1-2-3-4-5-6-7-8-9-10-11-12-13-15-21(26)22(27)16-14-17-23(28)29-20(18-24)19-25/h3-4,6-7,9-10,12-13,20-22,24-27H,2,5,8,11,14-19H2,1H3/b4-3-,7-6-,10-9-,13-12-/t21-,22-/m1/s1. The van der Waals surface area contributed by atoms with Gasteiger partial charge < -0.3 is 25.2 Å². The quantitative estimate of drug-likeness (QED) is 0.217. The smallest absolute Gasteiger partial charge is 0.306 e. The van der Waals surface area contributed by atoms with Gasteiger partial charge >= 0.3 is 5.97 Å². The van der Waals surface area contributed by atoms with E-state index in [0.29, 0.717) is 12.8 Å². The van der Waals surface area contributed by atoms with E-state index in [0.717, 1.165) is 25.7 Å². The second kappa shape index (κ2) is 19.6. The molecule has 0 unspecified atom stereocenters. The summed E-state index contributed by atoms with van der Waals surface area (Å²) in [6.45, 7) is 1.25. The van der Waals surface area contributed by atoms with Crippen molar-refractivity contribution in [3.8, 4) is 0 Å². The van der Waals surface area contributed by atoms with Gasteiger partial charge in [-0.3, -0.25) is 4.79 Å². The molecule has 2 atom stereocenters. The zero-order chi connectivity index (χ0) is 21.7. The maximum absolute atomic E-state index is 11.5. The summed E-state index contributed by atoms with van der Waals surface area (Å²) in [5, 5.41) is 37.6. The summed E-state index contributed by atoms with van der Waals surface area (Å²) in [7, 11) is 0. The maximum Gasteiger partial charge on any atom is 0.306 e. The first-order valence-electron chi connectivity index (χ1n) is 10.4. The van der Waals surface area contributed by atoms with Gasteiger partial charge in [0.2, 0.25) is 0 Å². The molecule has 0 radical (unpaired) electrons. The number of hydrogen-bond donors (Lipinski definition) is 4. The van der Waals surface area contributed by atoms with Crippen molar-refractivity contribution in [2.45, 2.75) is 76.6 Å². The van der Waals surface area contributed by atoms with Crippen molar-refractivity contribution < 1.29 is 30.0 Å². The average Bonchev–Trinajstić information content (AvgIpc) is 2.72. The minimum Gasteiger partial charge on any atom is -0.457 e. The molecule has 0 aromatic heterocycles. The number of esters is 1. The Bertz CT molecular complexity index is 505. The van der Waals surface area contributed by atoms with E-state index in [-0.39, 0.29) is 12.8 Å². The molecule has 0 aromatic rings. The third-order valence-corrected chi connectivity index (χ3v) is 4.13. The molecule has 0 fully saturated rings. The van der Waals surface area contributed by atoms with Crippen LogP contribution in [0.15, 0.2) is 48.6 Å². The minimum absolute atomic E-state index is 0.0598. The Balaban J connectivity index is 3.84. The van der Waals surface area contributed by atoms with Crippen molar-refractivity contribution in [2.24, 2.45) is 0 Å². The SMILES string of the molecule is CC/C=C\C/C=C\C/C=C\C/C=C\C[C@@H](O)[C@H](O)CCCC(=O)OC(CO)CO. The van der Waals surface area contributed by atoms with Gasteiger partial charge in [0.1, 0.15) is 6.10 Å². The Morgan fingerprint density at radius 2 is 1.34 bits per heavy atom. The zero-order valence-corrected chi connectivity index (χ0v) is 17.5. The third kappa shape index (κ3) is 16.9. The van der Waals surface area contributed by atoms with Crippen LogP contribution in [0.2, 0.25) is 0 Å². The first-order chi connectivity index (χ1) is 14.0.